The molecule has 3 heteroatoms. The molecule has 0 saturated carbocycles. The standard InChI is InChI=1S/C13H12N2O/c1-2-10(9-16-7-1)11-4-6-15-13-8-14-5-3-12(11)13/h2-6,8H,1,7,9H2. The zero-order valence-corrected chi connectivity index (χ0v) is 8.89. The lowest BCUT2D eigenvalue weighted by molar-refractivity contribution is 0.164. The summed E-state index contributed by atoms with van der Waals surface area (Å²) in [5.41, 5.74) is 3.41. The summed E-state index contributed by atoms with van der Waals surface area (Å²) in [4.78, 5) is 8.39. The van der Waals surface area contributed by atoms with Crippen LogP contribution in [0.4, 0.5) is 0 Å². The minimum atomic E-state index is 0.696. The zero-order valence-electron chi connectivity index (χ0n) is 8.89. The number of pyridine rings is 2. The lowest BCUT2D eigenvalue weighted by Crippen LogP contribution is -2.05. The molecule has 0 amide bonds. The van der Waals surface area contributed by atoms with Gasteiger partial charge in [0.15, 0.2) is 0 Å². The maximum atomic E-state index is 5.48. The second-order valence-corrected chi connectivity index (χ2v) is 3.82. The number of aromatic nitrogens is 2. The maximum absolute atomic E-state index is 5.48. The minimum absolute atomic E-state index is 0.696. The molecule has 0 saturated heterocycles. The Labute approximate surface area is 93.8 Å². The van der Waals surface area contributed by atoms with E-state index in [1.165, 1.54) is 11.1 Å². The summed E-state index contributed by atoms with van der Waals surface area (Å²) in [7, 11) is 0. The van der Waals surface area contributed by atoms with Crippen molar-refractivity contribution >= 4 is 16.5 Å². The molecular weight excluding hydrogens is 200 g/mol. The second kappa shape index (κ2) is 4.02. The van der Waals surface area contributed by atoms with Crippen LogP contribution in [-0.2, 0) is 4.74 Å². The molecule has 3 nitrogen and oxygen atoms in total. The van der Waals surface area contributed by atoms with Crippen LogP contribution in [0.3, 0.4) is 0 Å². The average molecular weight is 212 g/mol. The van der Waals surface area contributed by atoms with Gasteiger partial charge in [-0.1, -0.05) is 6.08 Å². The van der Waals surface area contributed by atoms with Crippen molar-refractivity contribution in [3.8, 4) is 0 Å². The first-order valence-corrected chi connectivity index (χ1v) is 5.41. The first kappa shape index (κ1) is 9.48. The largest absolute Gasteiger partial charge is 0.376 e. The predicted molar refractivity (Wildman–Crippen MR) is 63.0 cm³/mol. The third-order valence-corrected chi connectivity index (χ3v) is 2.80. The molecule has 3 rings (SSSR count). The molecule has 16 heavy (non-hydrogen) atoms. The van der Waals surface area contributed by atoms with Crippen molar-refractivity contribution in [3.63, 3.8) is 0 Å². The molecular formula is C13H12N2O. The van der Waals surface area contributed by atoms with Crippen LogP contribution >= 0.6 is 0 Å². The Kier molecular flexibility index (Phi) is 2.38. The fraction of sp³-hybridized carbons (Fsp3) is 0.231. The Hall–Kier alpha value is -1.74. The van der Waals surface area contributed by atoms with Crippen LogP contribution in [0.15, 0.2) is 36.8 Å². The lowest BCUT2D eigenvalue weighted by atomic mass is 10.0. The summed E-state index contributed by atoms with van der Waals surface area (Å²) >= 11 is 0. The van der Waals surface area contributed by atoms with E-state index in [0.717, 1.165) is 23.9 Å². The maximum Gasteiger partial charge on any atom is 0.0891 e. The van der Waals surface area contributed by atoms with Crippen molar-refractivity contribution in [1.82, 2.24) is 9.97 Å². The van der Waals surface area contributed by atoms with E-state index in [-0.39, 0.29) is 0 Å². The molecule has 0 bridgehead atoms. The fourth-order valence-electron chi connectivity index (χ4n) is 2.02. The van der Waals surface area contributed by atoms with E-state index in [4.69, 9.17) is 4.74 Å². The first-order valence-electron chi connectivity index (χ1n) is 5.41. The Balaban J connectivity index is 2.19. The van der Waals surface area contributed by atoms with E-state index >= 15 is 0 Å². The van der Waals surface area contributed by atoms with Crippen molar-refractivity contribution in [2.75, 3.05) is 13.2 Å². The van der Waals surface area contributed by atoms with Gasteiger partial charge in [0, 0.05) is 17.8 Å². The van der Waals surface area contributed by atoms with Gasteiger partial charge in [0.2, 0.25) is 0 Å². The van der Waals surface area contributed by atoms with Crippen molar-refractivity contribution < 1.29 is 4.74 Å². The van der Waals surface area contributed by atoms with Crippen molar-refractivity contribution in [3.05, 3.63) is 42.4 Å². The second-order valence-electron chi connectivity index (χ2n) is 3.82. The Morgan fingerprint density at radius 3 is 3.06 bits per heavy atom. The summed E-state index contributed by atoms with van der Waals surface area (Å²) in [6.07, 6.45) is 8.67. The Morgan fingerprint density at radius 2 is 2.19 bits per heavy atom. The SMILES string of the molecule is C1=C(c2ccnc3cnccc23)COCC1. The molecule has 0 aromatic carbocycles. The smallest absolute Gasteiger partial charge is 0.0891 e. The summed E-state index contributed by atoms with van der Waals surface area (Å²) in [6, 6.07) is 4.05. The van der Waals surface area contributed by atoms with Crippen LogP contribution in [0.1, 0.15) is 12.0 Å². The van der Waals surface area contributed by atoms with Gasteiger partial charge in [0.05, 0.1) is 24.9 Å². The number of hydrogen-bond donors (Lipinski definition) is 0. The van der Waals surface area contributed by atoms with Gasteiger partial charge in [-0.15, -0.1) is 0 Å². The fourth-order valence-corrected chi connectivity index (χ4v) is 2.02. The Morgan fingerprint density at radius 1 is 1.19 bits per heavy atom. The highest BCUT2D eigenvalue weighted by Gasteiger charge is 2.09. The summed E-state index contributed by atoms with van der Waals surface area (Å²) < 4.78 is 5.48. The summed E-state index contributed by atoms with van der Waals surface area (Å²) in [5.74, 6) is 0. The van der Waals surface area contributed by atoms with Gasteiger partial charge >= 0.3 is 0 Å². The lowest BCUT2D eigenvalue weighted by Gasteiger charge is -2.15. The predicted octanol–water partition coefficient (Wildman–Crippen LogP) is 2.43. The quantitative estimate of drug-likeness (QED) is 0.728. The van der Waals surface area contributed by atoms with Crippen molar-refractivity contribution in [2.45, 2.75) is 6.42 Å². The third kappa shape index (κ3) is 1.59. The molecule has 0 aliphatic carbocycles. The van der Waals surface area contributed by atoms with E-state index in [0.29, 0.717) is 6.61 Å². The van der Waals surface area contributed by atoms with Gasteiger partial charge in [-0.05, 0) is 29.7 Å². The van der Waals surface area contributed by atoms with Gasteiger partial charge < -0.3 is 4.74 Å². The number of ether oxygens (including phenoxy) is 1. The topological polar surface area (TPSA) is 35.0 Å². The van der Waals surface area contributed by atoms with Crippen LogP contribution in [-0.4, -0.2) is 23.2 Å². The van der Waals surface area contributed by atoms with Crippen molar-refractivity contribution in [1.29, 1.82) is 0 Å². The summed E-state index contributed by atoms with van der Waals surface area (Å²) in [5, 5.41) is 1.15. The highest BCUT2D eigenvalue weighted by molar-refractivity contribution is 5.91. The van der Waals surface area contributed by atoms with Gasteiger partial charge in [-0.3, -0.25) is 9.97 Å². The molecule has 1 aliphatic rings. The summed E-state index contributed by atoms with van der Waals surface area (Å²) in [6.45, 7) is 1.52. The third-order valence-electron chi connectivity index (χ3n) is 2.80. The van der Waals surface area contributed by atoms with E-state index in [2.05, 4.69) is 16.0 Å². The van der Waals surface area contributed by atoms with Crippen LogP contribution in [0.5, 0.6) is 0 Å². The van der Waals surface area contributed by atoms with E-state index in [1.54, 1.807) is 12.4 Å². The highest BCUT2D eigenvalue weighted by Crippen LogP contribution is 2.25. The highest BCUT2D eigenvalue weighted by atomic mass is 16.5. The van der Waals surface area contributed by atoms with Crippen LogP contribution in [0.2, 0.25) is 0 Å². The molecule has 0 atom stereocenters. The van der Waals surface area contributed by atoms with Gasteiger partial charge in [-0.25, -0.2) is 0 Å². The van der Waals surface area contributed by atoms with Crippen LogP contribution in [0.25, 0.3) is 16.5 Å². The monoisotopic (exact) mass is 212 g/mol. The molecule has 0 radical (unpaired) electrons. The zero-order chi connectivity index (χ0) is 10.8. The van der Waals surface area contributed by atoms with E-state index in [1.807, 2.05) is 18.3 Å². The molecule has 1 aliphatic heterocycles. The number of nitrogens with zero attached hydrogens (tertiary/aromatic N) is 2. The van der Waals surface area contributed by atoms with Crippen LogP contribution in [0, 0.1) is 0 Å². The molecule has 2 aromatic rings. The van der Waals surface area contributed by atoms with E-state index < -0.39 is 0 Å². The van der Waals surface area contributed by atoms with Crippen LogP contribution < -0.4 is 0 Å². The molecule has 0 unspecified atom stereocenters. The average Bonchev–Trinajstić information content (AvgIpc) is 2.39. The first-order chi connectivity index (χ1) is 7.95. The van der Waals surface area contributed by atoms with Gasteiger partial charge in [0.1, 0.15) is 0 Å². The minimum Gasteiger partial charge on any atom is -0.376 e. The van der Waals surface area contributed by atoms with Crippen molar-refractivity contribution in [2.24, 2.45) is 0 Å². The molecule has 80 valence electrons. The Bertz CT molecular complexity index is 543. The number of fused-ring (bicyclic) bond motifs is 1. The number of hydrogen-bond acceptors (Lipinski definition) is 3. The normalized spacial score (nSPS) is 16.1. The number of rotatable bonds is 1. The van der Waals surface area contributed by atoms with Gasteiger partial charge in [0.25, 0.3) is 0 Å². The molecule has 2 aromatic heterocycles. The van der Waals surface area contributed by atoms with E-state index in [9.17, 15) is 0 Å². The van der Waals surface area contributed by atoms with Gasteiger partial charge in [-0.2, -0.15) is 0 Å². The molecule has 0 N–H and O–H groups in total. The molecule has 0 fully saturated rings. The molecule has 3 heterocycles. The molecule has 0 spiro atoms.